The molecule has 0 radical (unpaired) electrons. The summed E-state index contributed by atoms with van der Waals surface area (Å²) in [6.07, 6.45) is 2.76. The van der Waals surface area contributed by atoms with Gasteiger partial charge < -0.3 is 4.74 Å². The number of benzene rings is 2. The molecule has 0 bridgehead atoms. The molecule has 2 aliphatic rings. The van der Waals surface area contributed by atoms with Crippen LogP contribution in [0, 0.1) is 11.7 Å². The standard InChI is InChI=1S/C31H34F4O/c1-6-21-13-19(2)14-22(21)15-20(3)36-18-23-16-26-24(11-12-30(4,5)28(26)17-29(23)32)25-9-7-8-10-27(25)31(33,34)35/h6-10,15-17,19,24H,3,11-14,18H2,1-2,4-5H3/b21-6-,22-15-. The lowest BCUT2D eigenvalue weighted by Gasteiger charge is -2.38. The van der Waals surface area contributed by atoms with Gasteiger partial charge in [-0.25, -0.2) is 4.39 Å². The van der Waals surface area contributed by atoms with E-state index in [1.54, 1.807) is 18.2 Å². The van der Waals surface area contributed by atoms with E-state index in [-0.39, 0.29) is 17.6 Å². The van der Waals surface area contributed by atoms with Crippen LogP contribution in [0.5, 0.6) is 0 Å². The minimum atomic E-state index is -4.45. The van der Waals surface area contributed by atoms with E-state index in [0.29, 0.717) is 30.1 Å². The van der Waals surface area contributed by atoms with Crippen LogP contribution in [-0.2, 0) is 22.9 Å². The molecule has 36 heavy (non-hydrogen) atoms. The summed E-state index contributed by atoms with van der Waals surface area (Å²) in [5, 5.41) is 0. The van der Waals surface area contributed by atoms with Gasteiger partial charge in [-0.1, -0.05) is 51.6 Å². The number of alkyl halides is 3. The van der Waals surface area contributed by atoms with Gasteiger partial charge in [0.2, 0.25) is 0 Å². The van der Waals surface area contributed by atoms with Crippen molar-refractivity contribution >= 4 is 0 Å². The number of halogens is 4. The van der Waals surface area contributed by atoms with Crippen LogP contribution in [-0.4, -0.2) is 0 Å². The molecule has 4 rings (SSSR count). The molecule has 2 aromatic rings. The van der Waals surface area contributed by atoms with Crippen LogP contribution in [0.1, 0.15) is 87.1 Å². The Morgan fingerprint density at radius 2 is 1.81 bits per heavy atom. The van der Waals surface area contributed by atoms with Crippen LogP contribution < -0.4 is 0 Å². The normalized spacial score (nSPS) is 23.7. The van der Waals surface area contributed by atoms with E-state index in [0.717, 1.165) is 30.0 Å². The van der Waals surface area contributed by atoms with Crippen LogP contribution in [0.25, 0.3) is 0 Å². The summed E-state index contributed by atoms with van der Waals surface area (Å²) in [6.45, 7) is 12.2. The second kappa shape index (κ2) is 9.91. The van der Waals surface area contributed by atoms with E-state index in [9.17, 15) is 13.2 Å². The van der Waals surface area contributed by atoms with Crippen LogP contribution >= 0.6 is 0 Å². The van der Waals surface area contributed by atoms with Crippen molar-refractivity contribution in [3.63, 3.8) is 0 Å². The molecule has 5 heteroatoms. The first-order valence-corrected chi connectivity index (χ1v) is 12.6. The van der Waals surface area contributed by atoms with E-state index in [2.05, 4.69) is 19.6 Å². The molecule has 0 aromatic heterocycles. The summed E-state index contributed by atoms with van der Waals surface area (Å²) in [5.74, 6) is 0.145. The number of rotatable bonds is 5. The van der Waals surface area contributed by atoms with Crippen molar-refractivity contribution in [1.82, 2.24) is 0 Å². The summed E-state index contributed by atoms with van der Waals surface area (Å²) in [4.78, 5) is 0. The van der Waals surface area contributed by atoms with Crippen molar-refractivity contribution in [1.29, 1.82) is 0 Å². The number of allylic oxidation sites excluding steroid dienone is 4. The summed E-state index contributed by atoms with van der Waals surface area (Å²) >= 11 is 0. The van der Waals surface area contributed by atoms with Crippen molar-refractivity contribution in [2.75, 3.05) is 0 Å². The second-order valence-corrected chi connectivity index (χ2v) is 10.8. The first kappa shape index (κ1) is 26.2. The van der Waals surface area contributed by atoms with Crippen LogP contribution in [0.3, 0.4) is 0 Å². The fourth-order valence-electron chi connectivity index (χ4n) is 5.75. The topological polar surface area (TPSA) is 9.23 Å². The van der Waals surface area contributed by atoms with Gasteiger partial charge >= 0.3 is 6.18 Å². The Hall–Kier alpha value is -2.82. The molecular weight excluding hydrogens is 464 g/mol. The van der Waals surface area contributed by atoms with E-state index >= 15 is 4.39 Å². The van der Waals surface area contributed by atoms with Gasteiger partial charge in [0.05, 0.1) is 5.56 Å². The molecule has 0 spiro atoms. The molecule has 2 unspecified atom stereocenters. The summed E-state index contributed by atoms with van der Waals surface area (Å²) in [6, 6.07) is 8.92. The van der Waals surface area contributed by atoms with E-state index < -0.39 is 23.5 Å². The number of hydrogen-bond donors (Lipinski definition) is 0. The third kappa shape index (κ3) is 5.30. The maximum Gasteiger partial charge on any atom is 0.416 e. The Morgan fingerprint density at radius 1 is 1.11 bits per heavy atom. The molecule has 0 amide bonds. The Kier molecular flexibility index (Phi) is 7.23. The predicted molar refractivity (Wildman–Crippen MR) is 136 cm³/mol. The lowest BCUT2D eigenvalue weighted by molar-refractivity contribution is -0.138. The lowest BCUT2D eigenvalue weighted by Crippen LogP contribution is -2.28. The smallest absolute Gasteiger partial charge is 0.416 e. The van der Waals surface area contributed by atoms with Crippen molar-refractivity contribution in [3.05, 3.63) is 106 Å². The van der Waals surface area contributed by atoms with Gasteiger partial charge in [0, 0.05) is 11.5 Å². The molecule has 1 saturated carbocycles. The molecule has 2 aromatic carbocycles. The second-order valence-electron chi connectivity index (χ2n) is 10.8. The largest absolute Gasteiger partial charge is 0.489 e. The van der Waals surface area contributed by atoms with Crippen LogP contribution in [0.2, 0.25) is 0 Å². The summed E-state index contributed by atoms with van der Waals surface area (Å²) in [7, 11) is 0. The Morgan fingerprint density at radius 3 is 2.50 bits per heavy atom. The molecular formula is C31H34F4O. The zero-order valence-corrected chi connectivity index (χ0v) is 21.4. The van der Waals surface area contributed by atoms with Gasteiger partial charge in [-0.05, 0) is 96.1 Å². The third-order valence-electron chi connectivity index (χ3n) is 7.67. The van der Waals surface area contributed by atoms with Gasteiger partial charge in [0.15, 0.2) is 0 Å². The van der Waals surface area contributed by atoms with E-state index in [1.165, 1.54) is 23.3 Å². The Balaban J connectivity index is 1.66. The molecule has 0 saturated heterocycles. The van der Waals surface area contributed by atoms with Crippen molar-refractivity contribution in [2.24, 2.45) is 5.92 Å². The third-order valence-corrected chi connectivity index (χ3v) is 7.67. The minimum absolute atomic E-state index is 0.0312. The van der Waals surface area contributed by atoms with Crippen molar-refractivity contribution in [3.8, 4) is 0 Å². The number of fused-ring (bicyclic) bond motifs is 1. The monoisotopic (exact) mass is 498 g/mol. The molecule has 1 nitrogen and oxygen atoms in total. The molecule has 0 aliphatic heterocycles. The Bertz CT molecular complexity index is 1220. The van der Waals surface area contributed by atoms with E-state index in [4.69, 9.17) is 4.74 Å². The maximum atomic E-state index is 15.2. The average molecular weight is 499 g/mol. The quantitative estimate of drug-likeness (QED) is 0.295. The fraction of sp³-hybridized carbons (Fsp3) is 0.419. The van der Waals surface area contributed by atoms with Gasteiger partial charge in [-0.2, -0.15) is 13.2 Å². The number of hydrogen-bond acceptors (Lipinski definition) is 1. The predicted octanol–water partition coefficient (Wildman–Crippen LogP) is 9.38. The fourth-order valence-corrected chi connectivity index (χ4v) is 5.75. The highest BCUT2D eigenvalue weighted by Gasteiger charge is 2.39. The van der Waals surface area contributed by atoms with Crippen LogP contribution in [0.4, 0.5) is 17.6 Å². The van der Waals surface area contributed by atoms with Gasteiger partial charge in [0.1, 0.15) is 18.2 Å². The Labute approximate surface area is 211 Å². The molecule has 192 valence electrons. The van der Waals surface area contributed by atoms with Gasteiger partial charge in [0.25, 0.3) is 0 Å². The van der Waals surface area contributed by atoms with Crippen molar-refractivity contribution < 1.29 is 22.3 Å². The highest BCUT2D eigenvalue weighted by molar-refractivity contribution is 5.49. The zero-order chi connectivity index (χ0) is 26.3. The maximum absolute atomic E-state index is 15.2. The zero-order valence-electron chi connectivity index (χ0n) is 21.4. The average Bonchev–Trinajstić information content (AvgIpc) is 3.16. The van der Waals surface area contributed by atoms with Gasteiger partial charge in [-0.15, -0.1) is 0 Å². The number of ether oxygens (including phenoxy) is 1. The summed E-state index contributed by atoms with van der Waals surface area (Å²) in [5.41, 5.74) is 3.56. The van der Waals surface area contributed by atoms with Gasteiger partial charge in [-0.3, -0.25) is 0 Å². The van der Waals surface area contributed by atoms with E-state index in [1.807, 2.05) is 26.8 Å². The highest BCUT2D eigenvalue weighted by Crippen LogP contribution is 2.48. The summed E-state index contributed by atoms with van der Waals surface area (Å²) < 4.78 is 62.6. The van der Waals surface area contributed by atoms with Crippen molar-refractivity contribution in [2.45, 2.75) is 77.5 Å². The first-order valence-electron chi connectivity index (χ1n) is 12.6. The first-order chi connectivity index (χ1) is 16.9. The van der Waals surface area contributed by atoms with Crippen LogP contribution in [0.15, 0.2) is 72.0 Å². The molecule has 0 N–H and O–H groups in total. The SMILES string of the molecule is C=C(/C=C1/CC(C)C/C1=C/C)OCc1cc2c(cc1F)C(C)(C)CCC2c1ccccc1C(F)(F)F. The molecule has 2 aliphatic carbocycles. The lowest BCUT2D eigenvalue weighted by atomic mass is 9.66. The molecule has 1 fully saturated rings. The highest BCUT2D eigenvalue weighted by atomic mass is 19.4. The molecule has 0 heterocycles. The molecule has 2 atom stereocenters. The minimum Gasteiger partial charge on any atom is -0.489 e.